The third-order valence-electron chi connectivity index (χ3n) is 4.90. The van der Waals surface area contributed by atoms with Crippen LogP contribution in [-0.4, -0.2) is 29.8 Å². The van der Waals surface area contributed by atoms with Crippen molar-refractivity contribution in [2.24, 2.45) is 5.92 Å². The molecule has 1 saturated heterocycles. The minimum Gasteiger partial charge on any atom is -0.338 e. The van der Waals surface area contributed by atoms with E-state index in [0.717, 1.165) is 17.7 Å². The van der Waals surface area contributed by atoms with Crippen molar-refractivity contribution in [3.05, 3.63) is 64.2 Å². The van der Waals surface area contributed by atoms with Crippen LogP contribution in [0.1, 0.15) is 34.3 Å². The van der Waals surface area contributed by atoms with Gasteiger partial charge in [0.25, 0.3) is 5.91 Å². The maximum Gasteiger partial charge on any atom is 0.416 e. The van der Waals surface area contributed by atoms with Gasteiger partial charge in [0.2, 0.25) is 5.91 Å². The van der Waals surface area contributed by atoms with Crippen LogP contribution in [0.4, 0.5) is 18.9 Å². The number of anilines is 1. The maximum absolute atomic E-state index is 12.9. The molecule has 29 heavy (non-hydrogen) atoms. The summed E-state index contributed by atoms with van der Waals surface area (Å²) in [6.45, 7) is 2.42. The summed E-state index contributed by atoms with van der Waals surface area (Å²) in [4.78, 5) is 26.8. The van der Waals surface area contributed by atoms with Crippen LogP contribution < -0.4 is 5.32 Å². The van der Waals surface area contributed by atoms with Crippen LogP contribution in [0.25, 0.3) is 0 Å². The summed E-state index contributed by atoms with van der Waals surface area (Å²) in [5.41, 5.74) is 0.540. The SMILES string of the molecule is Cc1ccc(NC(=O)[C@@H]2CCCN(C(=O)c3cccc(C(F)(F)F)c3)C2)c(Cl)c1. The molecule has 1 aliphatic heterocycles. The number of nitrogens with zero attached hydrogens (tertiary/aromatic N) is 1. The molecule has 8 heteroatoms. The summed E-state index contributed by atoms with van der Waals surface area (Å²) < 4.78 is 38.8. The van der Waals surface area contributed by atoms with Gasteiger partial charge in [-0.2, -0.15) is 13.2 Å². The molecule has 1 heterocycles. The zero-order chi connectivity index (χ0) is 21.2. The standard InChI is InChI=1S/C21H20ClF3N2O2/c1-13-7-8-18(17(22)10-13)26-19(28)15-5-3-9-27(12-15)20(29)14-4-2-6-16(11-14)21(23,24)25/h2,4,6-8,10-11,15H,3,5,9,12H2,1H3,(H,26,28)/t15-/m1/s1. The van der Waals surface area contributed by atoms with Crippen molar-refractivity contribution in [3.8, 4) is 0 Å². The van der Waals surface area contributed by atoms with E-state index in [4.69, 9.17) is 11.6 Å². The average Bonchev–Trinajstić information content (AvgIpc) is 2.69. The quantitative estimate of drug-likeness (QED) is 0.740. The minimum atomic E-state index is -4.52. The topological polar surface area (TPSA) is 49.4 Å². The molecule has 1 fully saturated rings. The van der Waals surface area contributed by atoms with Crippen LogP contribution in [0.3, 0.4) is 0 Å². The van der Waals surface area contributed by atoms with Gasteiger partial charge in [0.15, 0.2) is 0 Å². The number of hydrogen-bond donors (Lipinski definition) is 1. The van der Waals surface area contributed by atoms with Gasteiger partial charge in [0.1, 0.15) is 0 Å². The molecule has 2 aromatic carbocycles. The lowest BCUT2D eigenvalue weighted by Crippen LogP contribution is -2.43. The first-order valence-corrected chi connectivity index (χ1v) is 9.56. The summed E-state index contributed by atoms with van der Waals surface area (Å²) in [7, 11) is 0. The molecule has 1 N–H and O–H groups in total. The molecule has 0 aromatic heterocycles. The van der Waals surface area contributed by atoms with Crippen molar-refractivity contribution in [1.29, 1.82) is 0 Å². The molecule has 4 nitrogen and oxygen atoms in total. The number of alkyl halides is 3. The molecule has 2 amide bonds. The molecular weight excluding hydrogens is 405 g/mol. The predicted octanol–water partition coefficient (Wildman–Crippen LogP) is 5.16. The second-order valence-corrected chi connectivity index (χ2v) is 7.55. The van der Waals surface area contributed by atoms with Crippen LogP contribution in [0.5, 0.6) is 0 Å². The third kappa shape index (κ3) is 5.09. The van der Waals surface area contributed by atoms with E-state index in [-0.39, 0.29) is 18.0 Å². The van der Waals surface area contributed by atoms with Gasteiger partial charge in [0, 0.05) is 18.7 Å². The molecule has 0 aliphatic carbocycles. The Hall–Kier alpha value is -2.54. The van der Waals surface area contributed by atoms with E-state index in [2.05, 4.69) is 5.32 Å². The number of hydrogen-bond acceptors (Lipinski definition) is 2. The minimum absolute atomic E-state index is 0.0394. The van der Waals surface area contributed by atoms with E-state index >= 15 is 0 Å². The maximum atomic E-state index is 12.9. The molecule has 1 atom stereocenters. The molecule has 0 unspecified atom stereocenters. The summed E-state index contributed by atoms with van der Waals surface area (Å²) in [5.74, 6) is -1.24. The Balaban J connectivity index is 1.70. The van der Waals surface area contributed by atoms with Gasteiger partial charge in [-0.15, -0.1) is 0 Å². The van der Waals surface area contributed by atoms with E-state index < -0.39 is 23.6 Å². The molecule has 0 saturated carbocycles. The summed E-state index contributed by atoms with van der Waals surface area (Å²) in [5, 5.41) is 3.20. The van der Waals surface area contributed by atoms with Gasteiger partial charge in [0.05, 0.1) is 22.2 Å². The Kier molecular flexibility index (Phi) is 6.17. The zero-order valence-electron chi connectivity index (χ0n) is 15.7. The first-order valence-electron chi connectivity index (χ1n) is 9.18. The largest absolute Gasteiger partial charge is 0.416 e. The molecule has 2 aromatic rings. The Morgan fingerprint density at radius 1 is 1.17 bits per heavy atom. The van der Waals surface area contributed by atoms with Gasteiger partial charge in [-0.1, -0.05) is 23.7 Å². The first kappa shape index (κ1) is 21.2. The third-order valence-corrected chi connectivity index (χ3v) is 5.21. The lowest BCUT2D eigenvalue weighted by atomic mass is 9.96. The molecule has 0 bridgehead atoms. The lowest BCUT2D eigenvalue weighted by molar-refractivity contribution is -0.137. The van der Waals surface area contributed by atoms with E-state index in [0.29, 0.717) is 30.1 Å². The average molecular weight is 425 g/mol. The Morgan fingerprint density at radius 2 is 1.93 bits per heavy atom. The number of likely N-dealkylation sites (tertiary alicyclic amines) is 1. The van der Waals surface area contributed by atoms with E-state index in [1.165, 1.54) is 17.0 Å². The monoisotopic (exact) mass is 424 g/mol. The van der Waals surface area contributed by atoms with Crippen molar-refractivity contribution in [1.82, 2.24) is 4.90 Å². The highest BCUT2D eigenvalue weighted by Crippen LogP contribution is 2.30. The van der Waals surface area contributed by atoms with E-state index in [1.54, 1.807) is 12.1 Å². The number of halogens is 4. The Labute approximate surface area is 171 Å². The molecule has 0 spiro atoms. The highest BCUT2D eigenvalue weighted by Gasteiger charge is 2.33. The lowest BCUT2D eigenvalue weighted by Gasteiger charge is -2.32. The van der Waals surface area contributed by atoms with Crippen LogP contribution >= 0.6 is 11.6 Å². The molecule has 0 radical (unpaired) electrons. The highest BCUT2D eigenvalue weighted by atomic mass is 35.5. The number of nitrogens with one attached hydrogen (secondary N) is 1. The first-order chi connectivity index (χ1) is 13.6. The number of carbonyl (C=O) groups is 2. The van der Waals surface area contributed by atoms with Gasteiger partial charge < -0.3 is 10.2 Å². The second-order valence-electron chi connectivity index (χ2n) is 7.14. The molecule has 3 rings (SSSR count). The van der Waals surface area contributed by atoms with Gasteiger partial charge in [-0.05, 0) is 55.7 Å². The number of piperidine rings is 1. The van der Waals surface area contributed by atoms with Crippen LogP contribution in [0, 0.1) is 12.8 Å². The summed E-state index contributed by atoms with van der Waals surface area (Å²) in [6.07, 6.45) is -3.35. The molecular formula is C21H20ClF3N2O2. The van der Waals surface area contributed by atoms with Gasteiger partial charge in [-0.25, -0.2) is 0 Å². The molecule has 154 valence electrons. The zero-order valence-corrected chi connectivity index (χ0v) is 16.5. The summed E-state index contributed by atoms with van der Waals surface area (Å²) >= 11 is 6.15. The number of benzene rings is 2. The molecule has 1 aliphatic rings. The fraction of sp³-hybridized carbons (Fsp3) is 0.333. The second kappa shape index (κ2) is 8.45. The van der Waals surface area contributed by atoms with Crippen molar-refractivity contribution in [3.63, 3.8) is 0 Å². The van der Waals surface area contributed by atoms with Gasteiger partial charge >= 0.3 is 6.18 Å². The van der Waals surface area contributed by atoms with E-state index in [1.807, 2.05) is 13.0 Å². The van der Waals surface area contributed by atoms with Crippen LogP contribution in [-0.2, 0) is 11.0 Å². The predicted molar refractivity (Wildman–Crippen MR) is 105 cm³/mol. The van der Waals surface area contributed by atoms with Crippen molar-refractivity contribution in [2.45, 2.75) is 25.9 Å². The number of aryl methyl sites for hydroxylation is 1. The van der Waals surface area contributed by atoms with Crippen LogP contribution in [0.15, 0.2) is 42.5 Å². The number of carbonyl (C=O) groups excluding carboxylic acids is 2. The van der Waals surface area contributed by atoms with Crippen molar-refractivity contribution < 1.29 is 22.8 Å². The number of amides is 2. The Morgan fingerprint density at radius 3 is 2.62 bits per heavy atom. The Bertz CT molecular complexity index is 930. The summed E-state index contributed by atoms with van der Waals surface area (Å²) in [6, 6.07) is 9.61. The highest BCUT2D eigenvalue weighted by molar-refractivity contribution is 6.33. The number of rotatable bonds is 3. The normalized spacial score (nSPS) is 17.1. The smallest absolute Gasteiger partial charge is 0.338 e. The van der Waals surface area contributed by atoms with Crippen LogP contribution in [0.2, 0.25) is 5.02 Å². The van der Waals surface area contributed by atoms with Crippen molar-refractivity contribution >= 4 is 29.1 Å². The van der Waals surface area contributed by atoms with Gasteiger partial charge in [-0.3, -0.25) is 9.59 Å². The van der Waals surface area contributed by atoms with E-state index in [9.17, 15) is 22.8 Å². The fourth-order valence-electron chi connectivity index (χ4n) is 3.34. The van der Waals surface area contributed by atoms with Crippen molar-refractivity contribution in [2.75, 3.05) is 18.4 Å². The fourth-order valence-corrected chi connectivity index (χ4v) is 3.63.